The zero-order valence-electron chi connectivity index (χ0n) is 12.9. The van der Waals surface area contributed by atoms with E-state index < -0.39 is 0 Å². The van der Waals surface area contributed by atoms with Gasteiger partial charge in [-0.1, -0.05) is 25.1 Å². The molecule has 21 heavy (non-hydrogen) atoms. The smallest absolute Gasteiger partial charge is 0.126 e. The molecule has 0 aromatic heterocycles. The van der Waals surface area contributed by atoms with E-state index in [0.717, 1.165) is 42.0 Å². The van der Waals surface area contributed by atoms with Gasteiger partial charge in [0.05, 0.1) is 7.11 Å². The largest absolute Gasteiger partial charge is 0.497 e. The van der Waals surface area contributed by atoms with Crippen molar-refractivity contribution in [1.82, 2.24) is 5.32 Å². The Morgan fingerprint density at radius 2 is 1.95 bits per heavy atom. The van der Waals surface area contributed by atoms with Gasteiger partial charge in [0.2, 0.25) is 0 Å². The third-order valence-corrected chi connectivity index (χ3v) is 3.54. The van der Waals surface area contributed by atoms with Crippen LogP contribution < -0.4 is 10.1 Å². The lowest BCUT2D eigenvalue weighted by atomic mass is 9.98. The first-order chi connectivity index (χ1) is 10.2. The topological polar surface area (TPSA) is 21.3 Å². The second-order valence-corrected chi connectivity index (χ2v) is 5.16. The average Bonchev–Trinajstić information content (AvgIpc) is 2.50. The molecule has 1 N–H and O–H groups in total. The van der Waals surface area contributed by atoms with Crippen LogP contribution in [0.25, 0.3) is 11.1 Å². The van der Waals surface area contributed by atoms with E-state index in [2.05, 4.69) is 12.2 Å². The second kappa shape index (κ2) is 7.23. The number of ether oxygens (including phenoxy) is 1. The van der Waals surface area contributed by atoms with Crippen LogP contribution in [0.4, 0.5) is 4.39 Å². The van der Waals surface area contributed by atoms with Gasteiger partial charge in [-0.25, -0.2) is 4.39 Å². The fourth-order valence-electron chi connectivity index (χ4n) is 2.29. The molecule has 2 nitrogen and oxygen atoms in total. The van der Waals surface area contributed by atoms with Gasteiger partial charge in [0.25, 0.3) is 0 Å². The summed E-state index contributed by atoms with van der Waals surface area (Å²) in [4.78, 5) is 0. The maximum atomic E-state index is 13.8. The van der Waals surface area contributed by atoms with E-state index in [1.807, 2.05) is 30.3 Å². The van der Waals surface area contributed by atoms with Crippen LogP contribution in [-0.4, -0.2) is 13.7 Å². The quantitative estimate of drug-likeness (QED) is 0.799. The van der Waals surface area contributed by atoms with E-state index in [1.165, 1.54) is 0 Å². The predicted molar refractivity (Wildman–Crippen MR) is 85.1 cm³/mol. The fraction of sp³-hybridized carbons (Fsp3) is 0.333. The number of hydrogen-bond acceptors (Lipinski definition) is 2. The molecule has 0 unspecified atom stereocenters. The lowest BCUT2D eigenvalue weighted by Gasteiger charge is -2.13. The molecule has 2 rings (SSSR count). The summed E-state index contributed by atoms with van der Waals surface area (Å²) in [7, 11) is 1.66. The van der Waals surface area contributed by atoms with Crippen LogP contribution in [-0.2, 0) is 6.54 Å². The Morgan fingerprint density at radius 1 is 1.14 bits per heavy atom. The van der Waals surface area contributed by atoms with Gasteiger partial charge in [-0.2, -0.15) is 0 Å². The number of benzene rings is 2. The highest BCUT2D eigenvalue weighted by atomic mass is 19.1. The summed E-state index contributed by atoms with van der Waals surface area (Å²) in [6, 6.07) is 11.3. The van der Waals surface area contributed by atoms with Crippen LogP contribution in [0.15, 0.2) is 36.4 Å². The first kappa shape index (κ1) is 15.5. The number of methoxy groups -OCH3 is 1. The minimum absolute atomic E-state index is 0.171. The van der Waals surface area contributed by atoms with Crippen molar-refractivity contribution in [3.8, 4) is 16.9 Å². The Kier molecular flexibility index (Phi) is 5.34. The summed E-state index contributed by atoms with van der Waals surface area (Å²) in [5.41, 5.74) is 3.72. The molecule has 0 saturated heterocycles. The molecule has 112 valence electrons. The molecule has 0 fully saturated rings. The molecule has 0 aliphatic heterocycles. The highest BCUT2D eigenvalue weighted by Gasteiger charge is 2.08. The zero-order valence-corrected chi connectivity index (χ0v) is 12.9. The van der Waals surface area contributed by atoms with Crippen molar-refractivity contribution in [2.45, 2.75) is 26.8 Å². The Morgan fingerprint density at radius 3 is 2.62 bits per heavy atom. The van der Waals surface area contributed by atoms with Gasteiger partial charge in [-0.3, -0.25) is 0 Å². The van der Waals surface area contributed by atoms with E-state index in [-0.39, 0.29) is 5.82 Å². The van der Waals surface area contributed by atoms with E-state index in [9.17, 15) is 4.39 Å². The number of nitrogens with one attached hydrogen (secondary N) is 1. The molecule has 0 aliphatic rings. The van der Waals surface area contributed by atoms with Crippen LogP contribution in [0.1, 0.15) is 24.5 Å². The second-order valence-electron chi connectivity index (χ2n) is 5.16. The first-order valence-corrected chi connectivity index (χ1v) is 7.30. The molecule has 2 aromatic rings. The fourth-order valence-corrected chi connectivity index (χ4v) is 2.29. The minimum atomic E-state index is -0.171. The van der Waals surface area contributed by atoms with Gasteiger partial charge in [-0.15, -0.1) is 0 Å². The van der Waals surface area contributed by atoms with Gasteiger partial charge in [0.15, 0.2) is 0 Å². The Hall–Kier alpha value is -1.87. The summed E-state index contributed by atoms with van der Waals surface area (Å²) in [5, 5.41) is 3.39. The minimum Gasteiger partial charge on any atom is -0.497 e. The van der Waals surface area contributed by atoms with Crippen molar-refractivity contribution in [2.75, 3.05) is 13.7 Å². The van der Waals surface area contributed by atoms with Crippen LogP contribution >= 0.6 is 0 Å². The van der Waals surface area contributed by atoms with Crippen molar-refractivity contribution >= 4 is 0 Å². The lowest BCUT2D eigenvalue weighted by molar-refractivity contribution is 0.414. The molecule has 0 atom stereocenters. The summed E-state index contributed by atoms with van der Waals surface area (Å²) in [6.45, 7) is 5.61. The Labute approximate surface area is 126 Å². The van der Waals surface area contributed by atoms with Crippen molar-refractivity contribution in [1.29, 1.82) is 0 Å². The summed E-state index contributed by atoms with van der Waals surface area (Å²) in [5.74, 6) is 0.649. The standard InChI is InChI=1S/C18H22FNO/c1-4-9-20-12-15-10-16(21-3)7-8-17(15)14-6-5-13(2)18(19)11-14/h5-8,10-11,20H,4,9,12H2,1-3H3. The number of rotatable bonds is 6. The molecule has 0 spiro atoms. The van der Waals surface area contributed by atoms with Gasteiger partial charge >= 0.3 is 0 Å². The highest BCUT2D eigenvalue weighted by Crippen LogP contribution is 2.28. The van der Waals surface area contributed by atoms with E-state index in [4.69, 9.17) is 4.74 Å². The normalized spacial score (nSPS) is 10.7. The molecule has 0 saturated carbocycles. The van der Waals surface area contributed by atoms with Crippen LogP contribution in [0.2, 0.25) is 0 Å². The summed E-state index contributed by atoms with van der Waals surface area (Å²) >= 11 is 0. The predicted octanol–water partition coefficient (Wildman–Crippen LogP) is 4.31. The first-order valence-electron chi connectivity index (χ1n) is 7.30. The molecule has 0 heterocycles. The lowest BCUT2D eigenvalue weighted by Crippen LogP contribution is -2.14. The molecule has 2 aromatic carbocycles. The van der Waals surface area contributed by atoms with E-state index >= 15 is 0 Å². The van der Waals surface area contributed by atoms with Crippen molar-refractivity contribution in [3.05, 3.63) is 53.3 Å². The number of halogens is 1. The van der Waals surface area contributed by atoms with Crippen LogP contribution in [0, 0.1) is 12.7 Å². The monoisotopic (exact) mass is 287 g/mol. The zero-order chi connectivity index (χ0) is 15.2. The average molecular weight is 287 g/mol. The molecule has 0 radical (unpaired) electrons. The van der Waals surface area contributed by atoms with Crippen LogP contribution in [0.5, 0.6) is 5.75 Å². The summed E-state index contributed by atoms with van der Waals surface area (Å²) in [6.07, 6.45) is 1.08. The van der Waals surface area contributed by atoms with Gasteiger partial charge in [0, 0.05) is 6.54 Å². The highest BCUT2D eigenvalue weighted by molar-refractivity contribution is 5.68. The molecular weight excluding hydrogens is 265 g/mol. The number of aryl methyl sites for hydroxylation is 1. The Balaban J connectivity index is 2.38. The van der Waals surface area contributed by atoms with Crippen molar-refractivity contribution in [2.24, 2.45) is 0 Å². The molecule has 0 amide bonds. The third-order valence-electron chi connectivity index (χ3n) is 3.54. The molecule has 3 heteroatoms. The van der Waals surface area contributed by atoms with Crippen molar-refractivity contribution in [3.63, 3.8) is 0 Å². The van der Waals surface area contributed by atoms with E-state index in [1.54, 1.807) is 20.1 Å². The number of hydrogen-bond donors (Lipinski definition) is 1. The molecule has 0 bridgehead atoms. The summed E-state index contributed by atoms with van der Waals surface area (Å²) < 4.78 is 19.1. The molecule has 0 aliphatic carbocycles. The van der Waals surface area contributed by atoms with Crippen LogP contribution in [0.3, 0.4) is 0 Å². The van der Waals surface area contributed by atoms with Gasteiger partial charge in [-0.05, 0) is 60.3 Å². The maximum absolute atomic E-state index is 13.8. The van der Waals surface area contributed by atoms with Gasteiger partial charge in [0.1, 0.15) is 11.6 Å². The molecular formula is C18H22FNO. The third kappa shape index (κ3) is 3.82. The SMILES string of the molecule is CCCNCc1cc(OC)ccc1-c1ccc(C)c(F)c1. The maximum Gasteiger partial charge on any atom is 0.126 e. The van der Waals surface area contributed by atoms with Crippen molar-refractivity contribution < 1.29 is 9.13 Å². The van der Waals surface area contributed by atoms with Gasteiger partial charge < -0.3 is 10.1 Å². The Bertz CT molecular complexity index is 610. The van der Waals surface area contributed by atoms with E-state index in [0.29, 0.717) is 5.56 Å².